The lowest BCUT2D eigenvalue weighted by atomic mass is 10.0. The van der Waals surface area contributed by atoms with Crippen molar-refractivity contribution >= 4 is 34.9 Å². The quantitative estimate of drug-likeness (QED) is 0.345. The Morgan fingerprint density at radius 1 is 1.08 bits per heavy atom. The van der Waals surface area contributed by atoms with E-state index in [0.29, 0.717) is 30.2 Å². The van der Waals surface area contributed by atoms with Crippen molar-refractivity contribution in [2.75, 3.05) is 36.5 Å². The number of amidine groups is 1. The van der Waals surface area contributed by atoms with Crippen molar-refractivity contribution in [3.63, 3.8) is 0 Å². The molecule has 0 spiro atoms. The molecule has 4 N–H and O–H groups in total. The number of morpholine rings is 1. The predicted molar refractivity (Wildman–Crippen MR) is 156 cm³/mol. The van der Waals surface area contributed by atoms with Gasteiger partial charge in [0.1, 0.15) is 0 Å². The highest BCUT2D eigenvalue weighted by atomic mass is 16.5. The summed E-state index contributed by atoms with van der Waals surface area (Å²) in [6.07, 6.45) is -1.18. The number of carbonyl (C=O) groups is 1. The number of hydrogen-bond donors (Lipinski definition) is 3. The van der Waals surface area contributed by atoms with Crippen molar-refractivity contribution in [2.24, 2.45) is 15.7 Å². The molecular weight excluding hydrogens is 492 g/mol. The molecule has 3 aromatic rings. The molecule has 1 saturated heterocycles. The number of nitrogens with two attached hydrogens (primary N) is 1. The van der Waals surface area contributed by atoms with Gasteiger partial charge < -0.3 is 25.4 Å². The predicted octanol–water partition coefficient (Wildman–Crippen LogP) is 4.33. The first-order valence-corrected chi connectivity index (χ1v) is 13.1. The van der Waals surface area contributed by atoms with E-state index in [1.54, 1.807) is 0 Å². The molecule has 9 nitrogen and oxygen atoms in total. The maximum atomic E-state index is 13.0. The first-order valence-electron chi connectivity index (χ1n) is 13.1. The van der Waals surface area contributed by atoms with E-state index in [-0.39, 0.29) is 11.9 Å². The molecule has 2 heterocycles. The molecule has 0 bridgehead atoms. The molecule has 0 aromatic heterocycles. The molecule has 1 atom stereocenters. The standard InChI is InChI=1S/C28H28N6O3.C2H6/c1-18-17-20(11-12-23(18)34-13-15-36-16-14-34)25(29)37-28(30)33-26-27(35)31-22-10-6-5-9-21(22)24(32-26)19-7-3-2-4-8-19;1-2/h2-12,17,26,29H,13-16H2,1H3,(H2,30,33)(H,31,35);1-2H3. The van der Waals surface area contributed by atoms with Gasteiger partial charge in [0.15, 0.2) is 0 Å². The fourth-order valence-corrected chi connectivity index (χ4v) is 4.43. The fourth-order valence-electron chi connectivity index (χ4n) is 4.43. The summed E-state index contributed by atoms with van der Waals surface area (Å²) < 4.78 is 10.9. The van der Waals surface area contributed by atoms with Crippen molar-refractivity contribution in [3.05, 3.63) is 95.1 Å². The Hall–Kier alpha value is -4.50. The first-order chi connectivity index (χ1) is 19.0. The van der Waals surface area contributed by atoms with Crippen LogP contribution in [0.3, 0.4) is 0 Å². The van der Waals surface area contributed by atoms with Crippen LogP contribution in [-0.4, -0.2) is 56.0 Å². The van der Waals surface area contributed by atoms with Gasteiger partial charge in [-0.05, 0) is 36.8 Å². The Morgan fingerprint density at radius 2 is 1.77 bits per heavy atom. The normalized spacial score (nSPS) is 17.1. The first kappa shape index (κ1) is 27.5. The van der Waals surface area contributed by atoms with Crippen LogP contribution in [0.1, 0.15) is 36.1 Å². The monoisotopic (exact) mass is 526 g/mol. The maximum absolute atomic E-state index is 13.0. The Labute approximate surface area is 228 Å². The molecule has 1 fully saturated rings. The van der Waals surface area contributed by atoms with Crippen LogP contribution < -0.4 is 16.0 Å². The van der Waals surface area contributed by atoms with E-state index >= 15 is 0 Å². The Bertz CT molecular complexity index is 1380. The summed E-state index contributed by atoms with van der Waals surface area (Å²) in [6.45, 7) is 9.04. The van der Waals surface area contributed by atoms with E-state index in [4.69, 9.17) is 20.6 Å². The number of rotatable bonds is 4. The molecule has 3 aromatic carbocycles. The van der Waals surface area contributed by atoms with Gasteiger partial charge in [-0.15, -0.1) is 0 Å². The van der Waals surface area contributed by atoms with E-state index in [1.807, 2.05) is 93.6 Å². The third-order valence-electron chi connectivity index (χ3n) is 6.24. The average molecular weight is 527 g/mol. The third kappa shape index (κ3) is 6.50. The number of nitrogens with zero attached hydrogens (tertiary/aromatic N) is 3. The average Bonchev–Trinajstić information content (AvgIpc) is 3.11. The van der Waals surface area contributed by atoms with Gasteiger partial charge in [0.2, 0.25) is 12.1 Å². The third-order valence-corrected chi connectivity index (χ3v) is 6.24. The molecule has 0 aliphatic carbocycles. The van der Waals surface area contributed by atoms with E-state index in [0.717, 1.165) is 35.5 Å². The van der Waals surface area contributed by atoms with Gasteiger partial charge in [0, 0.05) is 35.5 Å². The number of carbonyl (C=O) groups excluding carboxylic acids is 1. The summed E-state index contributed by atoms with van der Waals surface area (Å²) in [5, 5.41) is 11.3. The number of benzodiazepines with no additional fused rings is 1. The van der Waals surface area contributed by atoms with Crippen LogP contribution in [0.25, 0.3) is 0 Å². The number of hydrogen-bond acceptors (Lipinski definition) is 7. The number of benzene rings is 3. The summed E-state index contributed by atoms with van der Waals surface area (Å²) in [6, 6.07) is 22.4. The van der Waals surface area contributed by atoms with Crippen LogP contribution >= 0.6 is 0 Å². The second kappa shape index (κ2) is 12.8. The summed E-state index contributed by atoms with van der Waals surface area (Å²) >= 11 is 0. The van der Waals surface area contributed by atoms with Crippen molar-refractivity contribution in [3.8, 4) is 0 Å². The number of aliphatic imine (C=N–C) groups is 2. The molecule has 9 heteroatoms. The van der Waals surface area contributed by atoms with Gasteiger partial charge in [0.25, 0.3) is 11.9 Å². The molecule has 2 aliphatic heterocycles. The minimum Gasteiger partial charge on any atom is -0.407 e. The topological polar surface area (TPSA) is 125 Å². The van der Waals surface area contributed by atoms with Gasteiger partial charge >= 0.3 is 0 Å². The Morgan fingerprint density at radius 3 is 2.49 bits per heavy atom. The Balaban J connectivity index is 0.00000172. The van der Waals surface area contributed by atoms with Gasteiger partial charge in [0.05, 0.1) is 24.6 Å². The van der Waals surface area contributed by atoms with Crippen molar-refractivity contribution in [1.82, 2.24) is 0 Å². The van der Waals surface area contributed by atoms with Crippen molar-refractivity contribution < 1.29 is 14.3 Å². The van der Waals surface area contributed by atoms with Crippen LogP contribution in [0.2, 0.25) is 0 Å². The number of para-hydroxylation sites is 1. The highest BCUT2D eigenvalue weighted by molar-refractivity contribution is 6.19. The number of nitrogens with one attached hydrogen (secondary N) is 2. The molecule has 2 aliphatic rings. The summed E-state index contributed by atoms with van der Waals surface area (Å²) in [5.74, 6) is -0.607. The lowest BCUT2D eigenvalue weighted by Gasteiger charge is -2.30. The second-order valence-corrected chi connectivity index (χ2v) is 8.75. The summed E-state index contributed by atoms with van der Waals surface area (Å²) in [4.78, 5) is 24.1. The second-order valence-electron chi connectivity index (χ2n) is 8.75. The number of anilines is 2. The van der Waals surface area contributed by atoms with E-state index in [1.165, 1.54) is 0 Å². The van der Waals surface area contributed by atoms with Gasteiger partial charge in [-0.2, -0.15) is 4.99 Å². The zero-order chi connectivity index (χ0) is 27.8. The van der Waals surface area contributed by atoms with Gasteiger partial charge in [-0.3, -0.25) is 10.2 Å². The Kier molecular flexibility index (Phi) is 9.06. The number of aryl methyl sites for hydroxylation is 1. The number of amides is 1. The minimum absolute atomic E-state index is 0.164. The molecule has 5 rings (SSSR count). The smallest absolute Gasteiger partial charge is 0.291 e. The van der Waals surface area contributed by atoms with Crippen molar-refractivity contribution in [2.45, 2.75) is 26.9 Å². The van der Waals surface area contributed by atoms with E-state index < -0.39 is 12.1 Å². The van der Waals surface area contributed by atoms with Gasteiger partial charge in [-0.1, -0.05) is 62.4 Å². The van der Waals surface area contributed by atoms with Gasteiger partial charge in [-0.25, -0.2) is 4.99 Å². The zero-order valence-corrected chi connectivity index (χ0v) is 22.5. The maximum Gasteiger partial charge on any atom is 0.291 e. The number of fused-ring (bicyclic) bond motifs is 1. The molecule has 39 heavy (non-hydrogen) atoms. The molecule has 1 amide bonds. The van der Waals surface area contributed by atoms with Crippen LogP contribution in [-0.2, 0) is 14.3 Å². The summed E-state index contributed by atoms with van der Waals surface area (Å²) in [5.41, 5.74) is 11.6. The van der Waals surface area contributed by atoms with Crippen LogP contribution in [0.4, 0.5) is 11.4 Å². The van der Waals surface area contributed by atoms with Crippen molar-refractivity contribution in [1.29, 1.82) is 5.41 Å². The lowest BCUT2D eigenvalue weighted by Crippen LogP contribution is -2.36. The minimum atomic E-state index is -1.18. The fraction of sp³-hybridized carbons (Fsp3) is 0.267. The van der Waals surface area contributed by atoms with Crippen LogP contribution in [0.5, 0.6) is 0 Å². The largest absolute Gasteiger partial charge is 0.407 e. The van der Waals surface area contributed by atoms with Crippen LogP contribution in [0, 0.1) is 12.3 Å². The van der Waals surface area contributed by atoms with E-state index in [2.05, 4.69) is 20.2 Å². The summed E-state index contributed by atoms with van der Waals surface area (Å²) in [7, 11) is 0. The molecule has 0 radical (unpaired) electrons. The highest BCUT2D eigenvalue weighted by Crippen LogP contribution is 2.25. The molecule has 0 saturated carbocycles. The van der Waals surface area contributed by atoms with E-state index in [9.17, 15) is 4.79 Å². The lowest BCUT2D eigenvalue weighted by molar-refractivity contribution is -0.117. The SMILES string of the molecule is CC.Cc1cc(C(=N)O/C(N)=N/C2N=C(c3ccccc3)c3ccccc3NC2=O)ccc1N1CCOCC1. The van der Waals surface area contributed by atoms with Crippen LogP contribution in [0.15, 0.2) is 82.8 Å². The zero-order valence-electron chi connectivity index (χ0n) is 22.5. The molecule has 1 unspecified atom stereocenters. The molecule has 202 valence electrons. The molecular formula is C30H34N6O3. The highest BCUT2D eigenvalue weighted by Gasteiger charge is 2.26. The number of ether oxygens (including phenoxy) is 2.